The van der Waals surface area contributed by atoms with E-state index in [2.05, 4.69) is 9.72 Å². The number of hydrogen-bond donors (Lipinski definition) is 1. The number of methoxy groups -OCH3 is 1. The van der Waals surface area contributed by atoms with Crippen LogP contribution in [-0.2, 0) is 9.53 Å². The third kappa shape index (κ3) is 1.80. The summed E-state index contributed by atoms with van der Waals surface area (Å²) in [5, 5.41) is 11.4. The van der Waals surface area contributed by atoms with Crippen molar-refractivity contribution in [2.75, 3.05) is 7.11 Å². The predicted molar refractivity (Wildman–Crippen MR) is 43.8 cm³/mol. The molecule has 0 aliphatic carbocycles. The van der Waals surface area contributed by atoms with Crippen molar-refractivity contribution in [1.82, 2.24) is 4.98 Å². The number of aromatic nitrogens is 1. The maximum Gasteiger partial charge on any atom is 0.341 e. The number of esters is 1. The largest absolute Gasteiger partial charge is 0.467 e. The zero-order valence-electron chi connectivity index (χ0n) is 6.77. The number of aliphatic hydroxyl groups excluding tert-OH is 1. The van der Waals surface area contributed by atoms with Gasteiger partial charge in [0.2, 0.25) is 6.10 Å². The molecular weight excluding hydrogens is 178 g/mol. The molecule has 0 spiro atoms. The van der Waals surface area contributed by atoms with Gasteiger partial charge in [0, 0.05) is 11.1 Å². The van der Waals surface area contributed by atoms with Crippen molar-refractivity contribution < 1.29 is 14.6 Å². The van der Waals surface area contributed by atoms with Gasteiger partial charge in [-0.2, -0.15) is 0 Å². The topological polar surface area (TPSA) is 59.4 Å². The molecule has 12 heavy (non-hydrogen) atoms. The molecule has 4 nitrogen and oxygen atoms in total. The molecule has 1 rings (SSSR count). The van der Waals surface area contributed by atoms with E-state index in [-0.39, 0.29) is 0 Å². The summed E-state index contributed by atoms with van der Waals surface area (Å²) in [5.41, 5.74) is 0.790. The van der Waals surface area contributed by atoms with Crippen LogP contribution < -0.4 is 0 Å². The van der Waals surface area contributed by atoms with Crippen molar-refractivity contribution in [3.8, 4) is 0 Å². The lowest BCUT2D eigenvalue weighted by Crippen LogP contribution is -2.13. The molecular formula is C7H9NO3S. The number of ether oxygens (including phenoxy) is 1. The second kappa shape index (κ2) is 3.64. The number of thiazole rings is 1. The zero-order valence-corrected chi connectivity index (χ0v) is 7.59. The fourth-order valence-corrected chi connectivity index (χ4v) is 1.48. The summed E-state index contributed by atoms with van der Waals surface area (Å²) >= 11 is 1.24. The highest BCUT2D eigenvalue weighted by atomic mass is 32.1. The first-order chi connectivity index (χ1) is 5.65. The average Bonchev–Trinajstić information content (AvgIpc) is 2.49. The molecule has 0 aliphatic heterocycles. The summed E-state index contributed by atoms with van der Waals surface area (Å²) in [6.07, 6.45) is -1.24. The number of carbonyl (C=O) groups excluding carboxylic acids is 1. The second-order valence-electron chi connectivity index (χ2n) is 2.25. The Kier molecular flexibility index (Phi) is 2.78. The normalized spacial score (nSPS) is 12.6. The van der Waals surface area contributed by atoms with Crippen LogP contribution in [0.25, 0.3) is 0 Å². The number of nitrogens with zero attached hydrogens (tertiary/aromatic N) is 1. The molecule has 0 saturated carbocycles. The molecule has 0 aromatic carbocycles. The van der Waals surface area contributed by atoms with Gasteiger partial charge in [0.25, 0.3) is 0 Å². The monoisotopic (exact) mass is 187 g/mol. The highest BCUT2D eigenvalue weighted by Gasteiger charge is 2.20. The molecule has 1 N–H and O–H groups in total. The second-order valence-corrected chi connectivity index (χ2v) is 3.14. The molecule has 0 aliphatic rings. The third-order valence-electron chi connectivity index (χ3n) is 1.30. The maximum atomic E-state index is 10.8. The van der Waals surface area contributed by atoms with Crippen LogP contribution >= 0.6 is 11.3 Å². The van der Waals surface area contributed by atoms with Crippen LogP contribution in [0.3, 0.4) is 0 Å². The van der Waals surface area contributed by atoms with Crippen LogP contribution in [-0.4, -0.2) is 23.2 Å². The first kappa shape index (κ1) is 9.15. The van der Waals surface area contributed by atoms with Crippen LogP contribution in [0.2, 0.25) is 0 Å². The highest BCUT2D eigenvalue weighted by Crippen LogP contribution is 2.18. The van der Waals surface area contributed by atoms with Gasteiger partial charge in [-0.3, -0.25) is 0 Å². The Bertz CT molecular complexity index is 284. The van der Waals surface area contributed by atoms with Crippen LogP contribution in [0.15, 0.2) is 5.38 Å². The van der Waals surface area contributed by atoms with Crippen LogP contribution in [0.5, 0.6) is 0 Å². The quantitative estimate of drug-likeness (QED) is 0.691. The number of carbonyl (C=O) groups is 1. The van der Waals surface area contributed by atoms with Gasteiger partial charge >= 0.3 is 5.97 Å². The molecule has 1 heterocycles. The van der Waals surface area contributed by atoms with E-state index in [1.807, 2.05) is 0 Å². The molecule has 0 amide bonds. The minimum absolute atomic E-state index is 0.374. The Morgan fingerprint density at radius 1 is 1.83 bits per heavy atom. The first-order valence-electron chi connectivity index (χ1n) is 3.33. The molecule has 66 valence electrons. The summed E-state index contributed by atoms with van der Waals surface area (Å²) in [4.78, 5) is 14.8. The van der Waals surface area contributed by atoms with E-state index in [0.717, 1.165) is 5.69 Å². The summed E-state index contributed by atoms with van der Waals surface area (Å²) in [7, 11) is 1.23. The fraction of sp³-hybridized carbons (Fsp3) is 0.429. The van der Waals surface area contributed by atoms with E-state index in [1.54, 1.807) is 12.3 Å². The van der Waals surface area contributed by atoms with Gasteiger partial charge in [-0.05, 0) is 6.92 Å². The molecule has 0 radical (unpaired) electrons. The van der Waals surface area contributed by atoms with Gasteiger partial charge in [0.15, 0.2) is 0 Å². The van der Waals surface area contributed by atoms with Crippen LogP contribution in [0, 0.1) is 6.92 Å². The lowest BCUT2D eigenvalue weighted by molar-refractivity contribution is -0.150. The van der Waals surface area contributed by atoms with Crippen molar-refractivity contribution in [2.45, 2.75) is 13.0 Å². The Labute approximate surface area is 73.8 Å². The Balaban J connectivity index is 2.77. The van der Waals surface area contributed by atoms with E-state index in [4.69, 9.17) is 0 Å². The summed E-state index contributed by atoms with van der Waals surface area (Å²) in [6, 6.07) is 0. The van der Waals surface area contributed by atoms with Crippen molar-refractivity contribution in [3.05, 3.63) is 16.1 Å². The number of aryl methyl sites for hydroxylation is 1. The van der Waals surface area contributed by atoms with Crippen molar-refractivity contribution >= 4 is 17.3 Å². The highest BCUT2D eigenvalue weighted by molar-refractivity contribution is 7.09. The van der Waals surface area contributed by atoms with Crippen molar-refractivity contribution in [3.63, 3.8) is 0 Å². The lowest BCUT2D eigenvalue weighted by atomic mass is 10.4. The molecule has 1 aromatic rings. The van der Waals surface area contributed by atoms with Crippen LogP contribution in [0.1, 0.15) is 16.8 Å². The summed E-state index contributed by atoms with van der Waals surface area (Å²) < 4.78 is 4.35. The smallest absolute Gasteiger partial charge is 0.341 e. The summed E-state index contributed by atoms with van der Waals surface area (Å²) in [5.74, 6) is -0.677. The van der Waals surface area contributed by atoms with E-state index in [1.165, 1.54) is 18.4 Å². The molecule has 5 heteroatoms. The SMILES string of the molecule is COC(=O)C(O)c1nc(C)cs1. The van der Waals surface area contributed by atoms with Gasteiger partial charge in [-0.25, -0.2) is 9.78 Å². The number of hydrogen-bond acceptors (Lipinski definition) is 5. The minimum Gasteiger partial charge on any atom is -0.467 e. The Morgan fingerprint density at radius 2 is 2.50 bits per heavy atom. The van der Waals surface area contributed by atoms with Gasteiger partial charge < -0.3 is 9.84 Å². The van der Waals surface area contributed by atoms with Gasteiger partial charge in [-0.15, -0.1) is 11.3 Å². The van der Waals surface area contributed by atoms with E-state index in [0.29, 0.717) is 5.01 Å². The standard InChI is InChI=1S/C7H9NO3S/c1-4-3-12-6(8-4)5(9)7(10)11-2/h3,5,9H,1-2H3. The minimum atomic E-state index is -1.24. The molecule has 1 unspecified atom stereocenters. The predicted octanol–water partition coefficient (Wildman–Crippen LogP) is 0.658. The van der Waals surface area contributed by atoms with Gasteiger partial charge in [-0.1, -0.05) is 0 Å². The van der Waals surface area contributed by atoms with E-state index in [9.17, 15) is 9.90 Å². The summed E-state index contributed by atoms with van der Waals surface area (Å²) in [6.45, 7) is 1.80. The molecule has 1 atom stereocenters. The average molecular weight is 187 g/mol. The molecule has 0 saturated heterocycles. The van der Waals surface area contributed by atoms with Gasteiger partial charge in [0.05, 0.1) is 7.11 Å². The maximum absolute atomic E-state index is 10.8. The molecule has 0 fully saturated rings. The Hall–Kier alpha value is -0.940. The van der Waals surface area contributed by atoms with E-state index < -0.39 is 12.1 Å². The van der Waals surface area contributed by atoms with E-state index >= 15 is 0 Å². The number of aliphatic hydroxyl groups is 1. The van der Waals surface area contributed by atoms with Crippen LogP contribution in [0.4, 0.5) is 0 Å². The first-order valence-corrected chi connectivity index (χ1v) is 4.21. The molecule has 1 aromatic heterocycles. The van der Waals surface area contributed by atoms with Crippen molar-refractivity contribution in [2.24, 2.45) is 0 Å². The Morgan fingerprint density at radius 3 is 2.92 bits per heavy atom. The molecule has 0 bridgehead atoms. The lowest BCUT2D eigenvalue weighted by Gasteiger charge is -2.02. The van der Waals surface area contributed by atoms with Crippen molar-refractivity contribution in [1.29, 1.82) is 0 Å². The van der Waals surface area contributed by atoms with Gasteiger partial charge in [0.1, 0.15) is 5.01 Å². The third-order valence-corrected chi connectivity index (χ3v) is 2.31. The zero-order chi connectivity index (χ0) is 9.14. The number of rotatable bonds is 2. The fourth-order valence-electron chi connectivity index (χ4n) is 0.710.